The molecule has 0 aliphatic rings. The van der Waals surface area contributed by atoms with E-state index in [0.717, 1.165) is 4.88 Å². The summed E-state index contributed by atoms with van der Waals surface area (Å²) < 4.78 is 6.81. The molecule has 0 aromatic carbocycles. The number of imide groups is 1. The predicted molar refractivity (Wildman–Crippen MR) is 99.2 cm³/mol. The molecule has 1 atom stereocenters. The molecule has 0 saturated heterocycles. The van der Waals surface area contributed by atoms with E-state index in [2.05, 4.69) is 10.1 Å². The van der Waals surface area contributed by atoms with Gasteiger partial charge in [0, 0.05) is 7.05 Å². The number of nitrogens with zero attached hydrogens (tertiary/aromatic N) is 3. The number of rotatable bonds is 4. The van der Waals surface area contributed by atoms with Gasteiger partial charge < -0.3 is 10.5 Å². The van der Waals surface area contributed by atoms with Crippen LogP contribution in [-0.4, -0.2) is 38.8 Å². The van der Waals surface area contributed by atoms with Crippen molar-refractivity contribution >= 4 is 40.3 Å². The fourth-order valence-corrected chi connectivity index (χ4v) is 3.34. The maximum absolute atomic E-state index is 12.8. The Hall–Kier alpha value is -3.27. The molecule has 3 rings (SSSR count). The SMILES string of the molecule is Cc1nn(C)c2nc(-c3cccs3)cc(C(=O)OC(C)C(=O)NC(N)=O)c12. The fourth-order valence-electron chi connectivity index (χ4n) is 2.66. The summed E-state index contributed by atoms with van der Waals surface area (Å²) in [7, 11) is 1.73. The van der Waals surface area contributed by atoms with Crippen molar-refractivity contribution in [2.75, 3.05) is 0 Å². The molecule has 0 radical (unpaired) electrons. The lowest BCUT2D eigenvalue weighted by atomic mass is 10.1. The van der Waals surface area contributed by atoms with Gasteiger partial charge in [-0.2, -0.15) is 5.10 Å². The molecule has 0 aliphatic carbocycles. The maximum atomic E-state index is 12.8. The Balaban J connectivity index is 2.03. The first kappa shape index (κ1) is 18.5. The minimum Gasteiger partial charge on any atom is -0.449 e. The number of pyridine rings is 1. The highest BCUT2D eigenvalue weighted by Gasteiger charge is 2.24. The minimum absolute atomic E-state index is 0.243. The van der Waals surface area contributed by atoms with Gasteiger partial charge in [0.1, 0.15) is 0 Å². The van der Waals surface area contributed by atoms with Gasteiger partial charge in [-0.05, 0) is 31.4 Å². The summed E-state index contributed by atoms with van der Waals surface area (Å²) in [5.41, 5.74) is 6.89. The Kier molecular flexibility index (Phi) is 4.91. The summed E-state index contributed by atoms with van der Waals surface area (Å²) in [4.78, 5) is 40.8. The molecule has 0 fully saturated rings. The van der Waals surface area contributed by atoms with Crippen molar-refractivity contribution in [3.63, 3.8) is 0 Å². The van der Waals surface area contributed by atoms with Gasteiger partial charge in [-0.15, -0.1) is 11.3 Å². The third-order valence-electron chi connectivity index (χ3n) is 3.86. The summed E-state index contributed by atoms with van der Waals surface area (Å²) in [5, 5.41) is 8.65. The number of hydrogen-bond donors (Lipinski definition) is 2. The second-order valence-electron chi connectivity index (χ2n) is 5.84. The molecule has 0 aliphatic heterocycles. The number of primary amides is 1. The van der Waals surface area contributed by atoms with Crippen LogP contribution in [0.15, 0.2) is 23.6 Å². The molecule has 9 nitrogen and oxygen atoms in total. The van der Waals surface area contributed by atoms with Gasteiger partial charge in [-0.3, -0.25) is 14.8 Å². The lowest BCUT2D eigenvalue weighted by Crippen LogP contribution is -2.42. The number of hydrogen-bond acceptors (Lipinski definition) is 7. The topological polar surface area (TPSA) is 129 Å². The molecule has 0 spiro atoms. The lowest BCUT2D eigenvalue weighted by Gasteiger charge is -2.13. The van der Waals surface area contributed by atoms with Crippen molar-refractivity contribution in [1.82, 2.24) is 20.1 Å². The first-order valence-electron chi connectivity index (χ1n) is 7.97. The van der Waals surface area contributed by atoms with Gasteiger partial charge in [0.05, 0.1) is 27.2 Å². The van der Waals surface area contributed by atoms with Gasteiger partial charge in [0.15, 0.2) is 11.8 Å². The largest absolute Gasteiger partial charge is 0.449 e. The number of thiophene rings is 1. The van der Waals surface area contributed by atoms with Gasteiger partial charge >= 0.3 is 12.0 Å². The van der Waals surface area contributed by atoms with Crippen molar-refractivity contribution < 1.29 is 19.1 Å². The molecule has 0 saturated carbocycles. The molecular formula is C17H17N5O4S. The highest BCUT2D eigenvalue weighted by molar-refractivity contribution is 7.13. The zero-order chi connectivity index (χ0) is 19.7. The van der Waals surface area contributed by atoms with Crippen molar-refractivity contribution in [2.45, 2.75) is 20.0 Å². The third-order valence-corrected chi connectivity index (χ3v) is 4.75. The van der Waals surface area contributed by atoms with E-state index in [0.29, 0.717) is 22.4 Å². The molecule has 1 unspecified atom stereocenters. The van der Waals surface area contributed by atoms with Gasteiger partial charge in [-0.1, -0.05) is 6.07 Å². The normalized spacial score (nSPS) is 12.0. The molecule has 3 heterocycles. The van der Waals surface area contributed by atoms with Crippen molar-refractivity contribution in [2.24, 2.45) is 12.8 Å². The van der Waals surface area contributed by atoms with Crippen molar-refractivity contribution in [3.8, 4) is 10.6 Å². The highest BCUT2D eigenvalue weighted by Crippen LogP contribution is 2.29. The molecule has 3 aromatic rings. The van der Waals surface area contributed by atoms with E-state index >= 15 is 0 Å². The van der Waals surface area contributed by atoms with Crippen molar-refractivity contribution in [1.29, 1.82) is 0 Å². The number of urea groups is 1. The summed E-state index contributed by atoms with van der Waals surface area (Å²) in [6.45, 7) is 3.11. The van der Waals surface area contributed by atoms with E-state index in [4.69, 9.17) is 10.5 Å². The third kappa shape index (κ3) is 3.65. The quantitative estimate of drug-likeness (QED) is 0.656. The van der Waals surface area contributed by atoms with Crippen LogP contribution in [0.4, 0.5) is 4.79 Å². The number of carbonyl (C=O) groups is 3. The van der Waals surface area contributed by atoms with Gasteiger partial charge in [-0.25, -0.2) is 14.6 Å². The molecule has 3 aromatic heterocycles. The smallest absolute Gasteiger partial charge is 0.339 e. The van der Waals surface area contributed by atoms with Crippen LogP contribution in [0.5, 0.6) is 0 Å². The van der Waals surface area contributed by atoms with Crippen LogP contribution in [0.25, 0.3) is 21.6 Å². The first-order valence-corrected chi connectivity index (χ1v) is 8.85. The highest BCUT2D eigenvalue weighted by atomic mass is 32.1. The maximum Gasteiger partial charge on any atom is 0.339 e. The van der Waals surface area contributed by atoms with Crippen LogP contribution >= 0.6 is 11.3 Å². The van der Waals surface area contributed by atoms with Crippen LogP contribution in [0.1, 0.15) is 23.0 Å². The zero-order valence-electron chi connectivity index (χ0n) is 14.8. The summed E-state index contributed by atoms with van der Waals surface area (Å²) in [6.07, 6.45) is -1.20. The van der Waals surface area contributed by atoms with Gasteiger partial charge in [0.25, 0.3) is 5.91 Å². The molecule has 0 bridgehead atoms. The average Bonchev–Trinajstić information content (AvgIpc) is 3.22. The molecule has 27 heavy (non-hydrogen) atoms. The Bertz CT molecular complexity index is 1040. The molecule has 10 heteroatoms. The molecule has 3 N–H and O–H groups in total. The zero-order valence-corrected chi connectivity index (χ0v) is 15.7. The van der Waals surface area contributed by atoms with Crippen molar-refractivity contribution in [3.05, 3.63) is 34.8 Å². The van der Waals surface area contributed by atoms with E-state index in [1.54, 1.807) is 24.7 Å². The molecule has 140 valence electrons. The number of fused-ring (bicyclic) bond motifs is 1. The van der Waals surface area contributed by atoms with E-state index in [-0.39, 0.29) is 5.56 Å². The number of nitrogens with two attached hydrogens (primary N) is 1. The number of aromatic nitrogens is 3. The Morgan fingerprint density at radius 3 is 2.74 bits per heavy atom. The number of nitrogens with one attached hydrogen (secondary N) is 1. The molecule has 3 amide bonds. The van der Waals surface area contributed by atoms with Crippen LogP contribution < -0.4 is 11.1 Å². The van der Waals surface area contributed by atoms with Crippen LogP contribution in [0.3, 0.4) is 0 Å². The average molecular weight is 387 g/mol. The van der Waals surface area contributed by atoms with E-state index in [1.807, 2.05) is 22.8 Å². The summed E-state index contributed by atoms with van der Waals surface area (Å²) in [6, 6.07) is 4.37. The number of ether oxygens (including phenoxy) is 1. The molecular weight excluding hydrogens is 370 g/mol. The Labute approximate surface area is 158 Å². The minimum atomic E-state index is -1.20. The second kappa shape index (κ2) is 7.16. The van der Waals surface area contributed by atoms with Gasteiger partial charge in [0.2, 0.25) is 0 Å². The fraction of sp³-hybridized carbons (Fsp3) is 0.235. The van der Waals surface area contributed by atoms with Crippen LogP contribution in [0, 0.1) is 6.92 Å². The lowest BCUT2D eigenvalue weighted by molar-refractivity contribution is -0.127. The van der Waals surface area contributed by atoms with Crippen LogP contribution in [0.2, 0.25) is 0 Å². The second-order valence-corrected chi connectivity index (χ2v) is 6.79. The number of esters is 1. The summed E-state index contributed by atoms with van der Waals surface area (Å²) >= 11 is 1.48. The number of aryl methyl sites for hydroxylation is 2. The first-order chi connectivity index (χ1) is 12.8. The van der Waals surface area contributed by atoms with E-state index in [1.165, 1.54) is 18.3 Å². The standard InChI is InChI=1S/C17H17N5O4S/c1-8-13-10(16(24)26-9(2)15(23)20-17(18)25)7-11(12-5-4-6-27-12)19-14(13)22(3)21-8/h4-7,9H,1-3H3,(H3,18,20,23,25). The van der Waals surface area contributed by atoms with E-state index < -0.39 is 24.0 Å². The predicted octanol–water partition coefficient (Wildman–Crippen LogP) is 1.75. The van der Waals surface area contributed by atoms with E-state index in [9.17, 15) is 14.4 Å². The summed E-state index contributed by atoms with van der Waals surface area (Å²) in [5.74, 6) is -1.52. The Morgan fingerprint density at radius 1 is 1.37 bits per heavy atom. The Morgan fingerprint density at radius 2 is 2.11 bits per heavy atom. The number of amides is 3. The van der Waals surface area contributed by atoms with Crippen LogP contribution in [-0.2, 0) is 16.6 Å². The monoisotopic (exact) mass is 387 g/mol. The number of carbonyl (C=O) groups excluding carboxylic acids is 3.